The molecule has 0 fully saturated rings. The van der Waals surface area contributed by atoms with Crippen molar-refractivity contribution in [3.8, 4) is 5.75 Å². The van der Waals surface area contributed by atoms with E-state index in [4.69, 9.17) is 17.0 Å². The van der Waals surface area contributed by atoms with Crippen molar-refractivity contribution in [1.29, 1.82) is 0 Å². The van der Waals surface area contributed by atoms with E-state index in [9.17, 15) is 9.18 Å². The van der Waals surface area contributed by atoms with Gasteiger partial charge in [-0.25, -0.2) is 4.39 Å². The topological polar surface area (TPSA) is 71.9 Å². The number of carbonyl (C=O) groups excluding carboxylic acids is 1. The number of nitrogens with zero attached hydrogens (tertiary/aromatic N) is 2. The molecule has 0 atom stereocenters. The lowest BCUT2D eigenvalue weighted by Crippen LogP contribution is -2.26. The number of aromatic nitrogens is 3. The number of nitrogens with one attached hydrogen (secondary N) is 2. The molecule has 0 aliphatic carbocycles. The van der Waals surface area contributed by atoms with Gasteiger partial charge in [0, 0.05) is 35.7 Å². The van der Waals surface area contributed by atoms with Crippen molar-refractivity contribution in [2.75, 3.05) is 6.54 Å². The molecule has 6 nitrogen and oxygen atoms in total. The average molecular weight is 443 g/mol. The van der Waals surface area contributed by atoms with Crippen LogP contribution in [0.2, 0.25) is 0 Å². The van der Waals surface area contributed by atoms with Crippen LogP contribution in [0.1, 0.15) is 21.1 Å². The van der Waals surface area contributed by atoms with Crippen molar-refractivity contribution >= 4 is 39.5 Å². The first-order valence-corrected chi connectivity index (χ1v) is 10.5. The summed E-state index contributed by atoms with van der Waals surface area (Å²) in [6.45, 7) is 0.476. The third-order valence-corrected chi connectivity index (χ3v) is 6.26. The minimum Gasteiger partial charge on any atom is -0.489 e. The molecule has 2 N–H and O–H groups in total. The molecule has 0 aliphatic rings. The summed E-state index contributed by atoms with van der Waals surface area (Å²) in [6, 6.07) is 14.1. The molecule has 154 valence electrons. The molecule has 0 spiro atoms. The van der Waals surface area contributed by atoms with Crippen molar-refractivity contribution in [2.45, 2.75) is 13.0 Å². The van der Waals surface area contributed by atoms with Crippen LogP contribution in [0, 0.1) is 10.6 Å². The summed E-state index contributed by atoms with van der Waals surface area (Å²) >= 11 is 6.36. The lowest BCUT2D eigenvalue weighted by molar-refractivity contribution is 0.0956. The highest BCUT2D eigenvalue weighted by molar-refractivity contribution is 7.71. The van der Waals surface area contributed by atoms with Gasteiger partial charge in [-0.2, -0.15) is 5.10 Å². The van der Waals surface area contributed by atoms with Gasteiger partial charge < -0.3 is 14.6 Å². The molecule has 0 aliphatic heterocycles. The summed E-state index contributed by atoms with van der Waals surface area (Å²) < 4.78 is 23.4. The van der Waals surface area contributed by atoms with E-state index in [0.29, 0.717) is 44.0 Å². The number of rotatable bonds is 7. The van der Waals surface area contributed by atoms with Gasteiger partial charge in [-0.3, -0.25) is 9.89 Å². The lowest BCUT2D eigenvalue weighted by Gasteiger charge is -2.09. The fourth-order valence-electron chi connectivity index (χ4n) is 3.13. The number of hydrogen-bond acceptors (Lipinski definition) is 5. The minimum atomic E-state index is -0.365. The van der Waals surface area contributed by atoms with Crippen LogP contribution >= 0.6 is 23.6 Å². The van der Waals surface area contributed by atoms with Gasteiger partial charge in [-0.05, 0) is 36.5 Å². The van der Waals surface area contributed by atoms with E-state index in [1.807, 2.05) is 37.4 Å². The Morgan fingerprint density at radius 3 is 2.80 bits per heavy atom. The number of hydrogen-bond donors (Lipinski definition) is 2. The van der Waals surface area contributed by atoms with Gasteiger partial charge in [-0.15, -0.1) is 11.3 Å². The summed E-state index contributed by atoms with van der Waals surface area (Å²) in [7, 11) is 1.82. The number of carbonyl (C=O) groups is 1. The Balaban J connectivity index is 1.55. The van der Waals surface area contributed by atoms with Crippen LogP contribution in [0.5, 0.6) is 5.75 Å². The van der Waals surface area contributed by atoms with Gasteiger partial charge in [0.05, 0.1) is 4.88 Å². The van der Waals surface area contributed by atoms with Gasteiger partial charge in [-0.1, -0.05) is 24.3 Å². The van der Waals surface area contributed by atoms with E-state index in [0.717, 1.165) is 5.82 Å². The maximum absolute atomic E-state index is 14.6. The minimum absolute atomic E-state index is 0.0985. The zero-order valence-corrected chi connectivity index (χ0v) is 17.8. The summed E-state index contributed by atoms with van der Waals surface area (Å²) in [6.07, 6.45) is 0.518. The van der Waals surface area contributed by atoms with E-state index in [-0.39, 0.29) is 18.3 Å². The molecular formula is C21H19FN4O2S2. The Bertz CT molecular complexity index is 1250. The highest BCUT2D eigenvalue weighted by Gasteiger charge is 2.21. The molecule has 30 heavy (non-hydrogen) atoms. The summed E-state index contributed by atoms with van der Waals surface area (Å²) in [5.41, 5.74) is 0.549. The molecule has 2 aromatic heterocycles. The molecule has 0 saturated heterocycles. The molecule has 0 saturated carbocycles. The highest BCUT2D eigenvalue weighted by Crippen LogP contribution is 2.34. The van der Waals surface area contributed by atoms with Gasteiger partial charge >= 0.3 is 0 Å². The van der Waals surface area contributed by atoms with Gasteiger partial charge in [0.1, 0.15) is 24.0 Å². The first-order chi connectivity index (χ1) is 14.5. The second kappa shape index (κ2) is 8.76. The maximum Gasteiger partial charge on any atom is 0.261 e. The van der Waals surface area contributed by atoms with Crippen LogP contribution < -0.4 is 10.1 Å². The van der Waals surface area contributed by atoms with E-state index >= 15 is 0 Å². The van der Waals surface area contributed by atoms with Gasteiger partial charge in [0.2, 0.25) is 0 Å². The zero-order chi connectivity index (χ0) is 21.1. The van der Waals surface area contributed by atoms with Crippen LogP contribution in [0.15, 0.2) is 48.5 Å². The van der Waals surface area contributed by atoms with E-state index in [1.165, 1.54) is 17.4 Å². The SMILES string of the molecule is Cn1c(CCNC(=O)c2sc3cccc(F)c3c2COc2ccccc2)n[nH]c1=S. The smallest absolute Gasteiger partial charge is 0.261 e. The first kappa shape index (κ1) is 20.2. The monoisotopic (exact) mass is 442 g/mol. The van der Waals surface area contributed by atoms with Crippen molar-refractivity contribution in [3.05, 3.63) is 75.4 Å². The summed E-state index contributed by atoms with van der Waals surface area (Å²) in [4.78, 5) is 13.3. The maximum atomic E-state index is 14.6. The fraction of sp³-hybridized carbons (Fsp3) is 0.190. The Morgan fingerprint density at radius 2 is 2.07 bits per heavy atom. The molecule has 1 amide bonds. The molecule has 9 heteroatoms. The number of aromatic amines is 1. The highest BCUT2D eigenvalue weighted by atomic mass is 32.1. The fourth-order valence-corrected chi connectivity index (χ4v) is 4.42. The quantitative estimate of drug-likeness (QED) is 0.417. The van der Waals surface area contributed by atoms with Gasteiger partial charge in [0.25, 0.3) is 5.91 Å². The molecule has 4 rings (SSSR count). The van der Waals surface area contributed by atoms with Crippen LogP contribution in [0.4, 0.5) is 4.39 Å². The second-order valence-corrected chi connectivity index (χ2v) is 8.07. The number of thiophene rings is 1. The number of fused-ring (bicyclic) bond motifs is 1. The Hall–Kier alpha value is -3.04. The number of halogens is 1. The van der Waals surface area contributed by atoms with E-state index in [2.05, 4.69) is 15.5 Å². The third kappa shape index (κ3) is 4.12. The standard InChI is InChI=1S/C21H19FN4O2S2/c1-26-17(24-25-21(26)29)10-11-23-20(27)19-14(12-28-13-6-3-2-4-7-13)18-15(22)8-5-9-16(18)30-19/h2-9H,10-12H2,1H3,(H,23,27)(H,25,29). The number of para-hydroxylation sites is 1. The molecular weight excluding hydrogens is 423 g/mol. The van der Waals surface area contributed by atoms with E-state index < -0.39 is 0 Å². The zero-order valence-electron chi connectivity index (χ0n) is 16.1. The normalized spacial score (nSPS) is 11.0. The van der Waals surface area contributed by atoms with Crippen molar-refractivity contribution in [1.82, 2.24) is 20.1 Å². The van der Waals surface area contributed by atoms with Crippen molar-refractivity contribution in [2.24, 2.45) is 7.05 Å². The van der Waals surface area contributed by atoms with Crippen LogP contribution in [-0.4, -0.2) is 27.2 Å². The largest absolute Gasteiger partial charge is 0.489 e. The summed E-state index contributed by atoms with van der Waals surface area (Å²) in [5, 5.41) is 10.2. The Labute approximate surface area is 181 Å². The van der Waals surface area contributed by atoms with Crippen LogP contribution in [-0.2, 0) is 20.1 Å². The molecule has 0 bridgehead atoms. The number of ether oxygens (including phenoxy) is 1. The third-order valence-electron chi connectivity index (χ3n) is 4.70. The van der Waals surface area contributed by atoms with Crippen LogP contribution in [0.3, 0.4) is 0 Å². The van der Waals surface area contributed by atoms with Gasteiger partial charge in [0.15, 0.2) is 4.77 Å². The first-order valence-electron chi connectivity index (χ1n) is 9.31. The second-order valence-electron chi connectivity index (χ2n) is 6.63. The predicted octanol–water partition coefficient (Wildman–Crippen LogP) is 4.38. The molecule has 0 radical (unpaired) electrons. The van der Waals surface area contributed by atoms with Crippen molar-refractivity contribution in [3.63, 3.8) is 0 Å². The molecule has 4 aromatic rings. The van der Waals surface area contributed by atoms with Crippen molar-refractivity contribution < 1.29 is 13.9 Å². The number of amides is 1. The lowest BCUT2D eigenvalue weighted by atomic mass is 10.1. The Morgan fingerprint density at radius 1 is 1.27 bits per heavy atom. The van der Waals surface area contributed by atoms with Crippen LogP contribution in [0.25, 0.3) is 10.1 Å². The predicted molar refractivity (Wildman–Crippen MR) is 117 cm³/mol. The molecule has 0 unspecified atom stereocenters. The average Bonchev–Trinajstić information content (AvgIpc) is 3.29. The number of H-pyrrole nitrogens is 1. The molecule has 2 aromatic carbocycles. The Kier molecular flexibility index (Phi) is 5.91. The molecule has 2 heterocycles. The number of benzene rings is 2. The van der Waals surface area contributed by atoms with E-state index in [1.54, 1.807) is 16.7 Å². The summed E-state index contributed by atoms with van der Waals surface area (Å²) in [5.74, 6) is 0.774.